The van der Waals surface area contributed by atoms with E-state index >= 15 is 0 Å². The number of hydrogen-bond donors (Lipinski definition) is 2. The molecule has 1 saturated carbocycles. The van der Waals surface area contributed by atoms with Crippen molar-refractivity contribution in [3.8, 4) is 0 Å². The zero-order valence-corrected chi connectivity index (χ0v) is 25.7. The number of aliphatic hydroxyl groups excluding tert-OH is 2. The Labute approximate surface area is 251 Å². The minimum Gasteiger partial charge on any atom is -0.464 e. The second-order valence-corrected chi connectivity index (χ2v) is 11.9. The van der Waals surface area contributed by atoms with Gasteiger partial charge in [0.25, 0.3) is 5.09 Å². The first kappa shape index (κ1) is 36.1. The Balaban J connectivity index is 1.52. The van der Waals surface area contributed by atoms with Crippen LogP contribution in [0.5, 0.6) is 0 Å². The van der Waals surface area contributed by atoms with Crippen molar-refractivity contribution in [3.63, 3.8) is 0 Å². The Bertz CT molecular complexity index is 803. The van der Waals surface area contributed by atoms with Crippen LogP contribution in [0.4, 0.5) is 0 Å². The summed E-state index contributed by atoms with van der Waals surface area (Å²) in [5.41, 5.74) is 0. The highest BCUT2D eigenvalue weighted by molar-refractivity contribution is 5.78. The molecular weight excluding hydrogens is 542 g/mol. The molecule has 0 bridgehead atoms. The van der Waals surface area contributed by atoms with E-state index in [-0.39, 0.29) is 30.2 Å². The van der Waals surface area contributed by atoms with Crippen molar-refractivity contribution in [3.05, 3.63) is 22.3 Å². The summed E-state index contributed by atoms with van der Waals surface area (Å²) in [6.45, 7) is 7.66. The summed E-state index contributed by atoms with van der Waals surface area (Å²) >= 11 is 0. The number of Topliss-reactive ketones (excluding diaryl/α,β-unsaturated/α-hetero) is 1. The van der Waals surface area contributed by atoms with E-state index in [1.165, 1.54) is 19.3 Å². The normalized spacial score (nSPS) is 23.4. The molecule has 1 aliphatic heterocycles. The lowest BCUT2D eigenvalue weighted by Gasteiger charge is -2.34. The number of allylic oxidation sites excluding steroid dienone is 2. The number of nitrogens with zero attached hydrogens (tertiary/aromatic N) is 3. The first-order valence-corrected chi connectivity index (χ1v) is 16.2. The molecule has 11 heteroatoms. The summed E-state index contributed by atoms with van der Waals surface area (Å²) in [5.74, 6) is -0.0264. The summed E-state index contributed by atoms with van der Waals surface area (Å²) in [4.78, 5) is 43.5. The van der Waals surface area contributed by atoms with E-state index in [2.05, 4.69) is 21.6 Å². The molecule has 0 spiro atoms. The fraction of sp³-hybridized carbons (Fsp3) is 0.871. The number of unbranched alkanes of at least 4 members (excludes halogenated alkanes) is 5. The van der Waals surface area contributed by atoms with Crippen LogP contribution in [0.25, 0.3) is 0 Å². The average Bonchev–Trinajstić information content (AvgIpc) is 3.23. The van der Waals surface area contributed by atoms with Crippen LogP contribution < -0.4 is 0 Å². The van der Waals surface area contributed by atoms with Crippen LogP contribution in [0.15, 0.2) is 12.2 Å². The number of hydrogen-bond acceptors (Lipinski definition) is 10. The molecule has 2 fully saturated rings. The maximum absolute atomic E-state index is 12.3. The van der Waals surface area contributed by atoms with E-state index in [1.54, 1.807) is 0 Å². The number of piperazine rings is 1. The average molecular weight is 598 g/mol. The number of aliphatic hydroxyl groups is 2. The summed E-state index contributed by atoms with van der Waals surface area (Å²) in [6.07, 6.45) is 13.8. The lowest BCUT2D eigenvalue weighted by molar-refractivity contribution is -0.757. The van der Waals surface area contributed by atoms with Gasteiger partial charge in [0.2, 0.25) is 0 Å². The van der Waals surface area contributed by atoms with E-state index in [0.29, 0.717) is 64.5 Å². The third-order valence-corrected chi connectivity index (χ3v) is 8.61. The molecule has 0 aromatic carbocycles. The van der Waals surface area contributed by atoms with Gasteiger partial charge in [0, 0.05) is 58.5 Å². The number of carbonyl (C=O) groups excluding carboxylic acids is 2. The standard InChI is InChI=1S/C31H55N3O8/c1-2-3-4-5-8-12-26(35)15-16-28-27(29(36)25-30(28)37)13-9-6-7-10-14-31(38)41-24-22-33-20-18-32(19-21-33)17-11-23-42-34(39)40/h6,9,27-30,36-37H,2-5,7-8,10-25H2,1H3/b9-6-/t27-,28-,29+,30-/m1/s1. The molecule has 2 aliphatic rings. The third kappa shape index (κ3) is 15.4. The van der Waals surface area contributed by atoms with E-state index in [9.17, 15) is 29.9 Å². The van der Waals surface area contributed by atoms with Crippen molar-refractivity contribution in [1.29, 1.82) is 0 Å². The van der Waals surface area contributed by atoms with Crippen LogP contribution in [-0.4, -0.2) is 102 Å². The van der Waals surface area contributed by atoms with Crippen molar-refractivity contribution in [1.82, 2.24) is 9.80 Å². The molecule has 42 heavy (non-hydrogen) atoms. The SMILES string of the molecule is CCCCCCCC(=O)CC[C@@H]1[C@@H](C/C=C\CCCC(=O)OCCN2CCN(CCCO[N+](=O)[O-])CC2)[C@@H](O)C[C@H]1O. The van der Waals surface area contributed by atoms with Crippen molar-refractivity contribution in [2.45, 2.75) is 109 Å². The number of ketones is 1. The van der Waals surface area contributed by atoms with Crippen LogP contribution >= 0.6 is 0 Å². The van der Waals surface area contributed by atoms with E-state index < -0.39 is 17.3 Å². The molecule has 4 atom stereocenters. The number of rotatable bonds is 23. The summed E-state index contributed by atoms with van der Waals surface area (Å²) in [5, 5.41) is 30.4. The highest BCUT2D eigenvalue weighted by Crippen LogP contribution is 2.38. The van der Waals surface area contributed by atoms with Gasteiger partial charge < -0.3 is 24.7 Å². The monoisotopic (exact) mass is 597 g/mol. The van der Waals surface area contributed by atoms with Crippen LogP contribution in [-0.2, 0) is 19.2 Å². The smallest absolute Gasteiger partial charge is 0.305 e. The number of esters is 1. The van der Waals surface area contributed by atoms with Crippen molar-refractivity contribution in [2.24, 2.45) is 11.8 Å². The van der Waals surface area contributed by atoms with Gasteiger partial charge in [-0.1, -0.05) is 44.8 Å². The van der Waals surface area contributed by atoms with Gasteiger partial charge in [0.05, 0.1) is 18.8 Å². The highest BCUT2D eigenvalue weighted by Gasteiger charge is 2.40. The molecule has 11 nitrogen and oxygen atoms in total. The number of carbonyl (C=O) groups is 2. The fourth-order valence-corrected chi connectivity index (χ4v) is 6.04. The van der Waals surface area contributed by atoms with Crippen LogP contribution in [0.3, 0.4) is 0 Å². The summed E-state index contributed by atoms with van der Waals surface area (Å²) in [7, 11) is 0. The van der Waals surface area contributed by atoms with E-state index in [0.717, 1.165) is 52.0 Å². The molecule has 0 amide bonds. The zero-order valence-electron chi connectivity index (χ0n) is 25.7. The van der Waals surface area contributed by atoms with Crippen molar-refractivity contribution >= 4 is 11.8 Å². The van der Waals surface area contributed by atoms with Crippen molar-refractivity contribution in [2.75, 3.05) is 52.5 Å². The van der Waals surface area contributed by atoms with Crippen LogP contribution in [0.1, 0.15) is 96.8 Å². The summed E-state index contributed by atoms with van der Waals surface area (Å²) in [6, 6.07) is 0. The molecule has 0 aromatic heterocycles. The maximum atomic E-state index is 12.3. The second kappa shape index (κ2) is 21.6. The largest absolute Gasteiger partial charge is 0.464 e. The Morgan fingerprint density at radius 2 is 1.55 bits per heavy atom. The van der Waals surface area contributed by atoms with Gasteiger partial charge >= 0.3 is 5.97 Å². The molecule has 1 saturated heterocycles. The maximum Gasteiger partial charge on any atom is 0.305 e. The quantitative estimate of drug-likeness (QED) is 0.0585. The topological polar surface area (TPSA) is 143 Å². The molecular formula is C31H55N3O8. The van der Waals surface area contributed by atoms with Crippen LogP contribution in [0.2, 0.25) is 0 Å². The lowest BCUT2D eigenvalue weighted by Crippen LogP contribution is -2.47. The van der Waals surface area contributed by atoms with Crippen LogP contribution in [0, 0.1) is 22.0 Å². The van der Waals surface area contributed by atoms with E-state index in [4.69, 9.17) is 4.74 Å². The van der Waals surface area contributed by atoms with Gasteiger partial charge in [-0.2, -0.15) is 0 Å². The molecule has 1 aliphatic carbocycles. The Morgan fingerprint density at radius 1 is 0.857 bits per heavy atom. The predicted molar refractivity (Wildman–Crippen MR) is 160 cm³/mol. The molecule has 0 radical (unpaired) electrons. The van der Waals surface area contributed by atoms with Gasteiger partial charge in [0.15, 0.2) is 0 Å². The predicted octanol–water partition coefficient (Wildman–Crippen LogP) is 3.93. The molecule has 0 unspecified atom stereocenters. The van der Waals surface area contributed by atoms with Gasteiger partial charge in [-0.05, 0) is 56.8 Å². The third-order valence-electron chi connectivity index (χ3n) is 8.61. The summed E-state index contributed by atoms with van der Waals surface area (Å²) < 4.78 is 5.40. The lowest BCUT2D eigenvalue weighted by atomic mass is 9.86. The minimum atomic E-state index is -0.759. The molecule has 242 valence electrons. The number of ether oxygens (including phenoxy) is 1. The van der Waals surface area contributed by atoms with E-state index in [1.807, 2.05) is 12.2 Å². The molecule has 1 heterocycles. The molecule has 2 N–H and O–H groups in total. The van der Waals surface area contributed by atoms with Gasteiger partial charge in [-0.25, -0.2) is 0 Å². The molecule has 0 aromatic rings. The Kier molecular flexibility index (Phi) is 18.6. The fourth-order valence-electron chi connectivity index (χ4n) is 6.04. The Hall–Kier alpha value is -2.08. The van der Waals surface area contributed by atoms with Crippen molar-refractivity contribution < 1.29 is 34.5 Å². The zero-order chi connectivity index (χ0) is 30.6. The highest BCUT2D eigenvalue weighted by atomic mass is 16.9. The van der Waals surface area contributed by atoms with Gasteiger partial charge in [-0.3, -0.25) is 14.5 Å². The minimum absolute atomic E-state index is 0.0389. The first-order chi connectivity index (χ1) is 20.3. The first-order valence-electron chi connectivity index (χ1n) is 16.2. The van der Waals surface area contributed by atoms with Gasteiger partial charge in [-0.15, -0.1) is 10.1 Å². The Morgan fingerprint density at radius 3 is 2.26 bits per heavy atom. The second-order valence-electron chi connectivity index (χ2n) is 11.9. The molecule has 2 rings (SSSR count). The van der Waals surface area contributed by atoms with Gasteiger partial charge in [0.1, 0.15) is 12.4 Å².